The molecule has 5 nitrogen and oxygen atoms in total. The number of rotatable bonds is 6. The molecule has 0 aromatic heterocycles. The average Bonchev–Trinajstić information content (AvgIpc) is 3.25. The molecular weight excluding hydrogens is 310 g/mol. The summed E-state index contributed by atoms with van der Waals surface area (Å²) in [5.41, 5.74) is 5.37. The van der Waals surface area contributed by atoms with E-state index in [1.165, 1.54) is 31.4 Å². The van der Waals surface area contributed by atoms with Crippen LogP contribution in [0.4, 0.5) is 0 Å². The van der Waals surface area contributed by atoms with Gasteiger partial charge in [-0.15, -0.1) is 0 Å². The first-order valence-electron chi connectivity index (χ1n) is 9.30. The molecule has 3 aliphatic rings. The van der Waals surface area contributed by atoms with Gasteiger partial charge in [-0.25, -0.2) is 0 Å². The lowest BCUT2D eigenvalue weighted by molar-refractivity contribution is -0.692. The quantitative estimate of drug-likeness (QED) is 0.700. The van der Waals surface area contributed by atoms with Crippen molar-refractivity contribution in [2.45, 2.75) is 62.8 Å². The van der Waals surface area contributed by atoms with Gasteiger partial charge in [0.2, 0.25) is 5.91 Å². The number of nitrogens with two attached hydrogens (primary N) is 1. The predicted octanol–water partition coefficient (Wildman–Crippen LogP) is 0.756. The molecule has 0 aromatic carbocycles. The lowest BCUT2D eigenvalue weighted by Crippen LogP contribution is -2.89. The zero-order chi connectivity index (χ0) is 16.1. The van der Waals surface area contributed by atoms with Crippen LogP contribution < -0.4 is 10.9 Å². The third kappa shape index (κ3) is 5.08. The molecule has 132 valence electrons. The zero-order valence-corrected chi connectivity index (χ0v) is 15.2. The van der Waals surface area contributed by atoms with Crippen LogP contribution in [-0.4, -0.2) is 60.2 Å². The van der Waals surface area contributed by atoms with Gasteiger partial charge in [-0.2, -0.15) is 17.2 Å². The topological polar surface area (TPSA) is 58.2 Å². The third-order valence-corrected chi connectivity index (χ3v) is 6.86. The van der Waals surface area contributed by atoms with E-state index in [2.05, 4.69) is 22.7 Å². The highest BCUT2D eigenvalue weighted by molar-refractivity contribution is 8.00. The van der Waals surface area contributed by atoms with Crippen molar-refractivity contribution >= 4 is 17.7 Å². The van der Waals surface area contributed by atoms with Crippen LogP contribution in [0.2, 0.25) is 0 Å². The van der Waals surface area contributed by atoms with Gasteiger partial charge in [-0.05, 0) is 50.2 Å². The highest BCUT2D eigenvalue weighted by Crippen LogP contribution is 2.28. The number of carbonyl (C=O) groups excluding carboxylic acids is 1. The molecule has 3 fully saturated rings. The number of nitrogens with one attached hydrogen (secondary N) is 1. The van der Waals surface area contributed by atoms with Crippen molar-refractivity contribution < 1.29 is 15.0 Å². The first-order valence-corrected chi connectivity index (χ1v) is 10.3. The third-order valence-electron chi connectivity index (χ3n) is 5.48. The summed E-state index contributed by atoms with van der Waals surface area (Å²) in [5.74, 6) is 2.26. The van der Waals surface area contributed by atoms with Crippen molar-refractivity contribution in [1.82, 2.24) is 10.3 Å². The van der Waals surface area contributed by atoms with Crippen LogP contribution in [0, 0.1) is 5.92 Å². The second-order valence-electron chi connectivity index (χ2n) is 7.38. The minimum atomic E-state index is 0.193. The Morgan fingerprint density at radius 1 is 1.30 bits per heavy atom. The summed E-state index contributed by atoms with van der Waals surface area (Å²) in [5, 5.41) is 0.620. The maximum Gasteiger partial charge on any atom is 0.249 e. The van der Waals surface area contributed by atoms with Crippen molar-refractivity contribution in [3.8, 4) is 0 Å². The van der Waals surface area contributed by atoms with Crippen LogP contribution in [0.5, 0.6) is 0 Å². The molecule has 1 aliphatic carbocycles. The molecule has 3 rings (SSSR count). The predicted molar refractivity (Wildman–Crippen MR) is 93.1 cm³/mol. The number of amides is 1. The highest BCUT2D eigenvalue weighted by atomic mass is 32.2. The standard InChI is InChI=1S/C17H31N3O2S/c1-13-4-6-15(7-5-13)22-12-17(21)20(14-9-18-19-10-14)11-16-3-2-8-23-16/h13-16,18-19H,2-12H2,1H3/p+1. The van der Waals surface area contributed by atoms with Crippen molar-refractivity contribution in [3.63, 3.8) is 0 Å². The van der Waals surface area contributed by atoms with Gasteiger partial charge in [-0.3, -0.25) is 10.2 Å². The molecular formula is C17H32N3O2S+. The fourth-order valence-corrected chi connectivity index (χ4v) is 5.16. The highest BCUT2D eigenvalue weighted by Gasteiger charge is 2.32. The van der Waals surface area contributed by atoms with Crippen LogP contribution in [0.3, 0.4) is 0 Å². The number of ether oxygens (including phenoxy) is 1. The second-order valence-corrected chi connectivity index (χ2v) is 8.78. The summed E-state index contributed by atoms with van der Waals surface area (Å²) in [4.78, 5) is 14.9. The molecule has 2 unspecified atom stereocenters. The molecule has 2 heterocycles. The fourth-order valence-electron chi connectivity index (χ4n) is 3.89. The minimum Gasteiger partial charge on any atom is -0.368 e. The summed E-state index contributed by atoms with van der Waals surface area (Å²) in [6.45, 7) is 5.34. The van der Waals surface area contributed by atoms with E-state index in [4.69, 9.17) is 4.74 Å². The van der Waals surface area contributed by atoms with E-state index in [0.29, 0.717) is 17.4 Å². The Bertz CT molecular complexity index is 376. The average molecular weight is 343 g/mol. The van der Waals surface area contributed by atoms with Gasteiger partial charge in [0.25, 0.3) is 0 Å². The molecule has 23 heavy (non-hydrogen) atoms. The maximum atomic E-state index is 12.8. The first kappa shape index (κ1) is 17.5. The van der Waals surface area contributed by atoms with E-state index in [0.717, 1.165) is 38.4 Å². The van der Waals surface area contributed by atoms with Crippen LogP contribution >= 0.6 is 11.8 Å². The number of quaternary nitrogens is 1. The Hall–Kier alpha value is -0.300. The fraction of sp³-hybridized carbons (Fsp3) is 0.941. The van der Waals surface area contributed by atoms with Gasteiger partial charge in [0.15, 0.2) is 0 Å². The van der Waals surface area contributed by atoms with Crippen LogP contribution in [-0.2, 0) is 9.53 Å². The molecule has 0 aromatic rings. The Morgan fingerprint density at radius 2 is 2.13 bits per heavy atom. The van der Waals surface area contributed by atoms with Gasteiger partial charge >= 0.3 is 0 Å². The number of carbonyl (C=O) groups is 1. The SMILES string of the molecule is CC1CCC(OCC(=O)N(CC2CCCS2)C2CN[NH2+]C2)CC1. The van der Waals surface area contributed by atoms with Gasteiger partial charge < -0.3 is 9.64 Å². The summed E-state index contributed by atoms with van der Waals surface area (Å²) < 4.78 is 5.97. The molecule has 2 atom stereocenters. The van der Waals surface area contributed by atoms with Gasteiger partial charge in [0.1, 0.15) is 13.2 Å². The van der Waals surface area contributed by atoms with Gasteiger partial charge in [0, 0.05) is 11.8 Å². The smallest absolute Gasteiger partial charge is 0.249 e. The number of hydrogen-bond donors (Lipinski definition) is 2. The Kier molecular flexibility index (Phi) is 6.62. The number of hydrogen-bond acceptors (Lipinski definition) is 4. The van der Waals surface area contributed by atoms with E-state index in [9.17, 15) is 4.79 Å². The number of thioether (sulfide) groups is 1. The van der Waals surface area contributed by atoms with E-state index in [1.54, 1.807) is 0 Å². The largest absolute Gasteiger partial charge is 0.368 e. The minimum absolute atomic E-state index is 0.193. The maximum absolute atomic E-state index is 12.8. The molecule has 0 spiro atoms. The lowest BCUT2D eigenvalue weighted by Gasteiger charge is -2.31. The van der Waals surface area contributed by atoms with E-state index < -0.39 is 0 Å². The molecule has 0 radical (unpaired) electrons. The Balaban J connectivity index is 1.49. The van der Waals surface area contributed by atoms with Crippen LogP contribution in [0.25, 0.3) is 0 Å². The molecule has 3 N–H and O–H groups in total. The van der Waals surface area contributed by atoms with Crippen LogP contribution in [0.15, 0.2) is 0 Å². The summed E-state index contributed by atoms with van der Waals surface area (Å²) in [6.07, 6.45) is 7.55. The monoisotopic (exact) mass is 342 g/mol. The first-order chi connectivity index (χ1) is 11.2. The summed E-state index contributed by atoms with van der Waals surface area (Å²) >= 11 is 2.03. The van der Waals surface area contributed by atoms with Crippen molar-refractivity contribution in [1.29, 1.82) is 0 Å². The molecule has 1 amide bonds. The molecule has 2 saturated heterocycles. The molecule has 1 saturated carbocycles. The molecule has 2 aliphatic heterocycles. The van der Waals surface area contributed by atoms with Gasteiger partial charge in [-0.1, -0.05) is 6.92 Å². The van der Waals surface area contributed by atoms with Crippen molar-refractivity contribution in [3.05, 3.63) is 0 Å². The van der Waals surface area contributed by atoms with Crippen LogP contribution in [0.1, 0.15) is 45.4 Å². The summed E-state index contributed by atoms with van der Waals surface area (Å²) in [7, 11) is 0. The number of nitrogens with zero attached hydrogens (tertiary/aromatic N) is 1. The molecule has 0 bridgehead atoms. The van der Waals surface area contributed by atoms with Crippen molar-refractivity contribution in [2.24, 2.45) is 5.92 Å². The second kappa shape index (κ2) is 8.70. The lowest BCUT2D eigenvalue weighted by atomic mass is 9.89. The Labute approximate surface area is 144 Å². The van der Waals surface area contributed by atoms with Crippen molar-refractivity contribution in [2.75, 3.05) is 32.0 Å². The van der Waals surface area contributed by atoms with E-state index in [1.807, 2.05) is 11.8 Å². The normalized spacial score (nSPS) is 34.7. The van der Waals surface area contributed by atoms with E-state index in [-0.39, 0.29) is 12.5 Å². The zero-order valence-electron chi connectivity index (χ0n) is 14.3. The summed E-state index contributed by atoms with van der Waals surface area (Å²) in [6, 6.07) is 0.318. The Morgan fingerprint density at radius 3 is 2.78 bits per heavy atom. The van der Waals surface area contributed by atoms with E-state index >= 15 is 0 Å². The van der Waals surface area contributed by atoms with Gasteiger partial charge in [0.05, 0.1) is 18.7 Å². The molecule has 6 heteroatoms.